The third-order valence-corrected chi connectivity index (χ3v) is 4.57. The van der Waals surface area contributed by atoms with Gasteiger partial charge in [0.05, 0.1) is 12.7 Å². The van der Waals surface area contributed by atoms with E-state index in [2.05, 4.69) is 22.0 Å². The van der Waals surface area contributed by atoms with Crippen LogP contribution in [0.5, 0.6) is 0 Å². The molecule has 2 rings (SSSR count). The van der Waals surface area contributed by atoms with E-state index in [1.165, 1.54) is 0 Å². The van der Waals surface area contributed by atoms with Gasteiger partial charge < -0.3 is 4.74 Å². The monoisotopic (exact) mass is 405 g/mol. The zero-order valence-electron chi connectivity index (χ0n) is 13.4. The lowest BCUT2D eigenvalue weighted by atomic mass is 9.79. The average Bonchev–Trinajstić information content (AvgIpc) is 2.54. The number of hydrogen-bond acceptors (Lipinski definition) is 3. The van der Waals surface area contributed by atoms with Crippen LogP contribution in [0.3, 0.4) is 0 Å². The second kappa shape index (κ2) is 8.32. The highest BCUT2D eigenvalue weighted by molar-refractivity contribution is 9.10. The van der Waals surface area contributed by atoms with Crippen LogP contribution in [0.4, 0.5) is 0 Å². The molecule has 0 radical (unpaired) electrons. The molecule has 2 atom stereocenters. The molecule has 0 heterocycles. The van der Waals surface area contributed by atoms with E-state index < -0.39 is 17.8 Å². The summed E-state index contributed by atoms with van der Waals surface area (Å²) in [6.45, 7) is 3.89. The Morgan fingerprint density at radius 2 is 1.96 bits per heavy atom. The zero-order chi connectivity index (χ0) is 17.7. The van der Waals surface area contributed by atoms with Crippen molar-refractivity contribution in [2.45, 2.75) is 19.8 Å². The van der Waals surface area contributed by atoms with E-state index in [-0.39, 0.29) is 6.61 Å². The second-order valence-corrected chi connectivity index (χ2v) is 6.74. The minimum absolute atomic E-state index is 0.240. The van der Waals surface area contributed by atoms with Crippen LogP contribution in [0, 0.1) is 24.2 Å². The Labute approximate surface area is 155 Å². The first kappa shape index (κ1) is 18.5. The summed E-state index contributed by atoms with van der Waals surface area (Å²) in [5.41, 5.74) is 2.70. The van der Waals surface area contributed by atoms with Gasteiger partial charge in [0.25, 0.3) is 0 Å². The molecule has 0 saturated carbocycles. The molecule has 0 amide bonds. The lowest BCUT2D eigenvalue weighted by molar-refractivity contribution is -0.146. The van der Waals surface area contributed by atoms with Crippen molar-refractivity contribution in [1.82, 2.24) is 0 Å². The number of nitrogens with zero attached hydrogens (tertiary/aromatic N) is 1. The number of halogens is 2. The number of esters is 1. The van der Waals surface area contributed by atoms with E-state index in [4.69, 9.17) is 16.3 Å². The molecule has 0 bridgehead atoms. The standard InChI is InChI=1S/C19H17BrClNO2/c1-3-24-19(23)17(11-22)18(13-4-6-14(20)7-5-13)16-9-8-15(21)10-12(16)2/h4-10,17-18H,3H2,1-2H3. The average molecular weight is 407 g/mol. The molecule has 0 fully saturated rings. The zero-order valence-corrected chi connectivity index (χ0v) is 15.8. The topological polar surface area (TPSA) is 50.1 Å². The van der Waals surface area contributed by atoms with Gasteiger partial charge in [-0.2, -0.15) is 5.26 Å². The molecule has 0 saturated heterocycles. The third kappa shape index (κ3) is 4.17. The molecule has 0 aliphatic carbocycles. The summed E-state index contributed by atoms with van der Waals surface area (Å²) in [4.78, 5) is 12.3. The highest BCUT2D eigenvalue weighted by atomic mass is 79.9. The predicted octanol–water partition coefficient (Wildman–Crippen LogP) is 5.25. The van der Waals surface area contributed by atoms with Crippen LogP contribution in [0.25, 0.3) is 0 Å². The predicted molar refractivity (Wildman–Crippen MR) is 97.9 cm³/mol. The van der Waals surface area contributed by atoms with E-state index in [0.717, 1.165) is 21.2 Å². The Balaban J connectivity index is 2.58. The van der Waals surface area contributed by atoms with E-state index in [9.17, 15) is 10.1 Å². The molecule has 3 nitrogen and oxygen atoms in total. The first-order valence-electron chi connectivity index (χ1n) is 7.55. The molecular formula is C19H17BrClNO2. The first-order valence-corrected chi connectivity index (χ1v) is 8.72. The van der Waals surface area contributed by atoms with Crippen LogP contribution in [-0.2, 0) is 9.53 Å². The molecule has 2 aromatic rings. The largest absolute Gasteiger partial charge is 0.465 e. The van der Waals surface area contributed by atoms with Crippen molar-refractivity contribution in [3.05, 3.63) is 68.7 Å². The van der Waals surface area contributed by atoms with Crippen LogP contribution < -0.4 is 0 Å². The minimum atomic E-state index is -0.925. The Hall–Kier alpha value is -1.83. The van der Waals surface area contributed by atoms with Crippen molar-refractivity contribution in [2.24, 2.45) is 5.92 Å². The summed E-state index contributed by atoms with van der Waals surface area (Å²) in [6, 6.07) is 15.2. The molecule has 5 heteroatoms. The van der Waals surface area contributed by atoms with Gasteiger partial charge in [0.1, 0.15) is 0 Å². The van der Waals surface area contributed by atoms with Gasteiger partial charge in [-0.05, 0) is 54.8 Å². The molecular weight excluding hydrogens is 390 g/mol. The maximum absolute atomic E-state index is 12.3. The van der Waals surface area contributed by atoms with Gasteiger partial charge in [0.2, 0.25) is 0 Å². The summed E-state index contributed by atoms with van der Waals surface area (Å²) in [5, 5.41) is 10.3. The van der Waals surface area contributed by atoms with Gasteiger partial charge in [0, 0.05) is 15.4 Å². The highest BCUT2D eigenvalue weighted by Crippen LogP contribution is 2.36. The van der Waals surface area contributed by atoms with Crippen LogP contribution in [0.15, 0.2) is 46.9 Å². The van der Waals surface area contributed by atoms with E-state index in [1.54, 1.807) is 13.0 Å². The molecule has 0 aromatic heterocycles. The van der Waals surface area contributed by atoms with Gasteiger partial charge in [-0.3, -0.25) is 4.79 Å². The van der Waals surface area contributed by atoms with Crippen LogP contribution >= 0.6 is 27.5 Å². The molecule has 0 spiro atoms. The number of carbonyl (C=O) groups is 1. The summed E-state index contributed by atoms with van der Waals surface area (Å²) in [5.74, 6) is -1.85. The number of hydrogen-bond donors (Lipinski definition) is 0. The van der Waals surface area contributed by atoms with Gasteiger partial charge in [-0.25, -0.2) is 0 Å². The summed E-state index contributed by atoms with van der Waals surface area (Å²) in [6.07, 6.45) is 0. The molecule has 0 aliphatic rings. The van der Waals surface area contributed by atoms with Gasteiger partial charge in [-0.15, -0.1) is 0 Å². The summed E-state index contributed by atoms with van der Waals surface area (Å²) >= 11 is 9.46. The lowest BCUT2D eigenvalue weighted by Gasteiger charge is -2.23. The molecule has 0 N–H and O–H groups in total. The van der Waals surface area contributed by atoms with E-state index in [1.807, 2.05) is 43.3 Å². The normalized spacial score (nSPS) is 13.0. The number of carbonyl (C=O) groups excluding carboxylic acids is 1. The summed E-state index contributed by atoms with van der Waals surface area (Å²) < 4.78 is 6.04. The van der Waals surface area contributed by atoms with Crippen LogP contribution in [0.2, 0.25) is 5.02 Å². The van der Waals surface area contributed by atoms with Gasteiger partial charge >= 0.3 is 5.97 Å². The number of benzene rings is 2. The maximum Gasteiger partial charge on any atom is 0.324 e. The Bertz CT molecular complexity index is 768. The fourth-order valence-electron chi connectivity index (χ4n) is 2.71. The van der Waals surface area contributed by atoms with Crippen molar-refractivity contribution in [3.63, 3.8) is 0 Å². The van der Waals surface area contributed by atoms with Crippen molar-refractivity contribution < 1.29 is 9.53 Å². The van der Waals surface area contributed by atoms with Crippen LogP contribution in [-0.4, -0.2) is 12.6 Å². The summed E-state index contributed by atoms with van der Waals surface area (Å²) in [7, 11) is 0. The minimum Gasteiger partial charge on any atom is -0.465 e. The quantitative estimate of drug-likeness (QED) is 0.638. The smallest absolute Gasteiger partial charge is 0.324 e. The Morgan fingerprint density at radius 1 is 1.29 bits per heavy atom. The Kier molecular flexibility index (Phi) is 6.42. The molecule has 2 unspecified atom stereocenters. The highest BCUT2D eigenvalue weighted by Gasteiger charge is 2.33. The lowest BCUT2D eigenvalue weighted by Crippen LogP contribution is -2.25. The number of aryl methyl sites for hydroxylation is 1. The molecule has 24 heavy (non-hydrogen) atoms. The van der Waals surface area contributed by atoms with Crippen molar-refractivity contribution in [2.75, 3.05) is 6.61 Å². The van der Waals surface area contributed by atoms with Crippen LogP contribution in [0.1, 0.15) is 29.5 Å². The van der Waals surface area contributed by atoms with Gasteiger partial charge in [-0.1, -0.05) is 45.7 Å². The SMILES string of the molecule is CCOC(=O)C(C#N)C(c1ccc(Br)cc1)c1ccc(Cl)cc1C. The van der Waals surface area contributed by atoms with Crippen molar-refractivity contribution >= 4 is 33.5 Å². The molecule has 124 valence electrons. The number of rotatable bonds is 5. The fourth-order valence-corrected chi connectivity index (χ4v) is 3.20. The first-order chi connectivity index (χ1) is 11.5. The maximum atomic E-state index is 12.3. The van der Waals surface area contributed by atoms with Gasteiger partial charge in [0.15, 0.2) is 5.92 Å². The van der Waals surface area contributed by atoms with E-state index >= 15 is 0 Å². The second-order valence-electron chi connectivity index (χ2n) is 5.39. The third-order valence-electron chi connectivity index (χ3n) is 3.81. The number of ether oxygens (including phenoxy) is 1. The van der Waals surface area contributed by atoms with Crippen molar-refractivity contribution in [3.8, 4) is 6.07 Å². The molecule has 2 aromatic carbocycles. The van der Waals surface area contributed by atoms with Crippen molar-refractivity contribution in [1.29, 1.82) is 5.26 Å². The Morgan fingerprint density at radius 3 is 2.50 bits per heavy atom. The molecule has 0 aliphatic heterocycles. The number of nitriles is 1. The fraction of sp³-hybridized carbons (Fsp3) is 0.263. The van der Waals surface area contributed by atoms with E-state index in [0.29, 0.717) is 5.02 Å².